The zero-order chi connectivity index (χ0) is 14.2. The van der Waals surface area contributed by atoms with Crippen LogP contribution in [0.15, 0.2) is 41.7 Å². The molecule has 1 aromatic rings. The molecule has 4 heteroatoms. The van der Waals surface area contributed by atoms with E-state index >= 15 is 0 Å². The summed E-state index contributed by atoms with van der Waals surface area (Å²) < 4.78 is 6.05. The molecule has 1 amide bonds. The topological polar surface area (TPSA) is 55.4 Å². The Morgan fingerprint density at radius 2 is 2.00 bits per heavy atom. The van der Waals surface area contributed by atoms with E-state index in [2.05, 4.69) is 5.32 Å². The van der Waals surface area contributed by atoms with E-state index < -0.39 is 5.72 Å². The van der Waals surface area contributed by atoms with Crippen LogP contribution in [0.2, 0.25) is 0 Å². The summed E-state index contributed by atoms with van der Waals surface area (Å²) in [6.45, 7) is 1.47. The lowest BCUT2D eigenvalue weighted by molar-refractivity contribution is -0.127. The molecule has 0 bridgehead atoms. The minimum Gasteiger partial charge on any atom is -0.467 e. The number of rotatable bonds is 2. The first-order valence-electron chi connectivity index (χ1n) is 6.89. The molecule has 2 aliphatic rings. The smallest absolute Gasteiger partial charge is 0.220 e. The van der Waals surface area contributed by atoms with Crippen LogP contribution in [0.3, 0.4) is 0 Å². The molecule has 0 saturated carbocycles. The maximum Gasteiger partial charge on any atom is 0.220 e. The molecule has 0 fully saturated rings. The van der Waals surface area contributed by atoms with Gasteiger partial charge in [0.1, 0.15) is 5.76 Å². The average molecular weight is 271 g/mol. The minimum absolute atomic E-state index is 0.148. The van der Waals surface area contributed by atoms with Crippen molar-refractivity contribution >= 4 is 11.7 Å². The molecule has 1 aliphatic carbocycles. The van der Waals surface area contributed by atoms with E-state index in [4.69, 9.17) is 4.74 Å². The van der Waals surface area contributed by atoms with Crippen LogP contribution >= 0.6 is 0 Å². The van der Waals surface area contributed by atoms with E-state index in [9.17, 15) is 9.59 Å². The van der Waals surface area contributed by atoms with Crippen molar-refractivity contribution in [2.24, 2.45) is 0 Å². The van der Waals surface area contributed by atoms with E-state index in [-0.39, 0.29) is 11.7 Å². The Morgan fingerprint density at radius 1 is 1.25 bits per heavy atom. The SMILES string of the molecule is CC(=O)NC1(c2ccccc2)CC2=C(CCCC2=O)O1. The number of hydrogen-bond donors (Lipinski definition) is 1. The fraction of sp³-hybridized carbons (Fsp3) is 0.375. The summed E-state index contributed by atoms with van der Waals surface area (Å²) in [4.78, 5) is 23.6. The zero-order valence-electron chi connectivity index (χ0n) is 11.4. The van der Waals surface area contributed by atoms with Gasteiger partial charge < -0.3 is 10.1 Å². The second-order valence-corrected chi connectivity index (χ2v) is 5.33. The number of amides is 1. The predicted molar refractivity (Wildman–Crippen MR) is 73.5 cm³/mol. The van der Waals surface area contributed by atoms with Gasteiger partial charge in [-0.3, -0.25) is 9.59 Å². The van der Waals surface area contributed by atoms with Crippen molar-refractivity contribution in [3.63, 3.8) is 0 Å². The Labute approximate surface area is 117 Å². The molecule has 0 radical (unpaired) electrons. The predicted octanol–water partition coefficient (Wildman–Crippen LogP) is 2.40. The van der Waals surface area contributed by atoms with Gasteiger partial charge in [0.05, 0.1) is 0 Å². The first-order chi connectivity index (χ1) is 9.61. The maximum atomic E-state index is 12.0. The highest BCUT2D eigenvalue weighted by atomic mass is 16.5. The lowest BCUT2D eigenvalue weighted by Crippen LogP contribution is -2.45. The lowest BCUT2D eigenvalue weighted by Gasteiger charge is -2.31. The summed E-state index contributed by atoms with van der Waals surface area (Å²) in [6.07, 6.45) is 2.59. The number of Topliss-reactive ketones (excluding diaryl/α,β-unsaturated/α-hetero) is 1. The summed E-state index contributed by atoms with van der Waals surface area (Å²) in [5, 5.41) is 2.89. The van der Waals surface area contributed by atoms with Gasteiger partial charge in [-0.05, 0) is 6.42 Å². The van der Waals surface area contributed by atoms with Gasteiger partial charge in [0, 0.05) is 37.3 Å². The van der Waals surface area contributed by atoms with E-state index in [1.54, 1.807) is 0 Å². The monoisotopic (exact) mass is 271 g/mol. The third-order valence-electron chi connectivity index (χ3n) is 3.82. The van der Waals surface area contributed by atoms with Crippen LogP contribution in [0.25, 0.3) is 0 Å². The quantitative estimate of drug-likeness (QED) is 0.898. The third-order valence-corrected chi connectivity index (χ3v) is 3.82. The number of benzene rings is 1. The number of carbonyl (C=O) groups is 2. The van der Waals surface area contributed by atoms with Gasteiger partial charge in [-0.2, -0.15) is 0 Å². The van der Waals surface area contributed by atoms with Crippen molar-refractivity contribution in [3.8, 4) is 0 Å². The molecule has 1 aliphatic heterocycles. The molecule has 1 atom stereocenters. The van der Waals surface area contributed by atoms with Gasteiger partial charge in [0.25, 0.3) is 0 Å². The normalized spacial score (nSPS) is 25.1. The average Bonchev–Trinajstić information content (AvgIpc) is 2.80. The Kier molecular flexibility index (Phi) is 3.08. The molecule has 1 aromatic carbocycles. The van der Waals surface area contributed by atoms with Crippen LogP contribution in [0.1, 0.15) is 38.2 Å². The Hall–Kier alpha value is -2.10. The van der Waals surface area contributed by atoms with Crippen LogP contribution in [-0.4, -0.2) is 11.7 Å². The molecular formula is C16H17NO3. The van der Waals surface area contributed by atoms with Gasteiger partial charge in [-0.15, -0.1) is 0 Å². The second kappa shape index (κ2) is 4.78. The van der Waals surface area contributed by atoms with E-state index in [1.807, 2.05) is 30.3 Å². The van der Waals surface area contributed by atoms with Gasteiger partial charge >= 0.3 is 0 Å². The van der Waals surface area contributed by atoms with Crippen molar-refractivity contribution in [2.45, 2.75) is 38.3 Å². The molecule has 3 rings (SSSR count). The number of ether oxygens (including phenoxy) is 1. The largest absolute Gasteiger partial charge is 0.467 e. The van der Waals surface area contributed by atoms with E-state index in [0.29, 0.717) is 12.8 Å². The minimum atomic E-state index is -0.919. The highest BCUT2D eigenvalue weighted by Gasteiger charge is 2.45. The number of ketones is 1. The van der Waals surface area contributed by atoms with Crippen molar-refractivity contribution in [1.82, 2.24) is 5.32 Å². The van der Waals surface area contributed by atoms with Gasteiger partial charge in [-0.25, -0.2) is 0 Å². The highest BCUT2D eigenvalue weighted by Crippen LogP contribution is 2.44. The standard InChI is InChI=1S/C16H17NO3/c1-11(18)17-16(12-6-3-2-4-7-12)10-13-14(19)8-5-9-15(13)20-16/h2-4,6-7H,5,8-10H2,1H3,(H,17,18). The van der Waals surface area contributed by atoms with E-state index in [1.165, 1.54) is 6.92 Å². The molecule has 20 heavy (non-hydrogen) atoms. The maximum absolute atomic E-state index is 12.0. The highest BCUT2D eigenvalue weighted by molar-refractivity contribution is 5.97. The number of allylic oxidation sites excluding steroid dienone is 1. The zero-order valence-corrected chi connectivity index (χ0v) is 11.4. The fourth-order valence-electron chi connectivity index (χ4n) is 2.97. The molecule has 1 N–H and O–H groups in total. The summed E-state index contributed by atoms with van der Waals surface area (Å²) in [5.41, 5.74) is 0.698. The van der Waals surface area contributed by atoms with Crippen LogP contribution in [0.4, 0.5) is 0 Å². The van der Waals surface area contributed by atoms with Crippen LogP contribution < -0.4 is 5.32 Å². The third kappa shape index (κ3) is 2.11. The Bertz CT molecular complexity index is 591. The van der Waals surface area contributed by atoms with Crippen LogP contribution in [0, 0.1) is 0 Å². The van der Waals surface area contributed by atoms with Gasteiger partial charge in [0.2, 0.25) is 11.6 Å². The summed E-state index contributed by atoms with van der Waals surface area (Å²) >= 11 is 0. The second-order valence-electron chi connectivity index (χ2n) is 5.33. The Morgan fingerprint density at radius 3 is 2.65 bits per heavy atom. The first-order valence-corrected chi connectivity index (χ1v) is 6.89. The molecule has 0 spiro atoms. The van der Waals surface area contributed by atoms with Crippen molar-refractivity contribution in [2.75, 3.05) is 0 Å². The van der Waals surface area contributed by atoms with Gasteiger partial charge in [-0.1, -0.05) is 30.3 Å². The van der Waals surface area contributed by atoms with Crippen LogP contribution in [-0.2, 0) is 20.1 Å². The Balaban J connectivity index is 1.99. The van der Waals surface area contributed by atoms with Crippen LogP contribution in [0.5, 0.6) is 0 Å². The number of carbonyl (C=O) groups excluding carboxylic acids is 2. The summed E-state index contributed by atoms with van der Waals surface area (Å²) in [6, 6.07) is 9.55. The molecule has 0 saturated heterocycles. The van der Waals surface area contributed by atoms with Gasteiger partial charge in [0.15, 0.2) is 5.78 Å². The summed E-state index contributed by atoms with van der Waals surface area (Å²) in [7, 11) is 0. The van der Waals surface area contributed by atoms with E-state index in [0.717, 1.165) is 29.7 Å². The fourth-order valence-corrected chi connectivity index (χ4v) is 2.97. The molecule has 4 nitrogen and oxygen atoms in total. The summed E-state index contributed by atoms with van der Waals surface area (Å²) in [5.74, 6) is 0.731. The van der Waals surface area contributed by atoms with Crippen molar-refractivity contribution < 1.29 is 14.3 Å². The molecule has 1 heterocycles. The lowest BCUT2D eigenvalue weighted by atomic mass is 9.90. The number of hydrogen-bond acceptors (Lipinski definition) is 3. The van der Waals surface area contributed by atoms with Crippen molar-refractivity contribution in [1.29, 1.82) is 0 Å². The molecule has 1 unspecified atom stereocenters. The first kappa shape index (κ1) is 12.9. The van der Waals surface area contributed by atoms with Crippen molar-refractivity contribution in [3.05, 3.63) is 47.2 Å². The number of nitrogens with one attached hydrogen (secondary N) is 1. The molecule has 0 aromatic heterocycles. The molecule has 104 valence electrons. The molecular weight excluding hydrogens is 254 g/mol.